The molecule has 0 spiro atoms. The molecule has 1 saturated heterocycles. The van der Waals surface area contributed by atoms with Gasteiger partial charge in [0.25, 0.3) is 5.69 Å². The van der Waals surface area contributed by atoms with Crippen LogP contribution in [0.4, 0.5) is 11.4 Å². The Morgan fingerprint density at radius 1 is 1.61 bits per heavy atom. The van der Waals surface area contributed by atoms with Crippen LogP contribution >= 0.6 is 15.9 Å². The van der Waals surface area contributed by atoms with E-state index in [1.807, 2.05) is 13.1 Å². The third kappa shape index (κ3) is 2.81. The Morgan fingerprint density at radius 2 is 2.39 bits per heavy atom. The third-order valence-electron chi connectivity index (χ3n) is 3.26. The van der Waals surface area contributed by atoms with Crippen LogP contribution in [0, 0.1) is 16.0 Å². The van der Waals surface area contributed by atoms with E-state index in [-0.39, 0.29) is 10.6 Å². The molecule has 0 radical (unpaired) electrons. The monoisotopic (exact) mass is 313 g/mol. The quantitative estimate of drug-likeness (QED) is 0.685. The Balaban J connectivity index is 2.12. The SMILES string of the molecule is CNCC1CCN(c2ccc([N+](=O)[O-])cc2Br)C1. The number of nitro benzene ring substituents is 1. The third-order valence-corrected chi connectivity index (χ3v) is 3.90. The van der Waals surface area contributed by atoms with E-state index >= 15 is 0 Å². The second-order valence-corrected chi connectivity index (χ2v) is 5.41. The summed E-state index contributed by atoms with van der Waals surface area (Å²) in [4.78, 5) is 12.6. The molecule has 1 aromatic rings. The van der Waals surface area contributed by atoms with E-state index in [1.54, 1.807) is 12.1 Å². The lowest BCUT2D eigenvalue weighted by atomic mass is 10.1. The van der Waals surface area contributed by atoms with Crippen LogP contribution in [0.2, 0.25) is 0 Å². The zero-order valence-corrected chi connectivity index (χ0v) is 11.8. The molecular weight excluding hydrogens is 298 g/mol. The van der Waals surface area contributed by atoms with E-state index in [4.69, 9.17) is 0 Å². The van der Waals surface area contributed by atoms with Crippen LogP contribution in [0.15, 0.2) is 22.7 Å². The molecular formula is C12H16BrN3O2. The van der Waals surface area contributed by atoms with Gasteiger partial charge in [0.1, 0.15) is 0 Å². The van der Waals surface area contributed by atoms with E-state index in [1.165, 1.54) is 0 Å². The van der Waals surface area contributed by atoms with E-state index in [0.717, 1.165) is 36.2 Å². The van der Waals surface area contributed by atoms with Crippen molar-refractivity contribution in [2.75, 3.05) is 31.6 Å². The van der Waals surface area contributed by atoms with Gasteiger partial charge in [-0.05, 0) is 47.9 Å². The van der Waals surface area contributed by atoms with Gasteiger partial charge in [0.15, 0.2) is 0 Å². The number of rotatable bonds is 4. The number of benzene rings is 1. The first-order valence-corrected chi connectivity index (χ1v) is 6.74. The molecule has 1 aliphatic rings. The number of hydrogen-bond donors (Lipinski definition) is 1. The summed E-state index contributed by atoms with van der Waals surface area (Å²) in [5.74, 6) is 0.650. The number of nitrogens with one attached hydrogen (secondary N) is 1. The fourth-order valence-electron chi connectivity index (χ4n) is 2.37. The van der Waals surface area contributed by atoms with Gasteiger partial charge in [-0.25, -0.2) is 0 Å². The molecule has 0 saturated carbocycles. The Labute approximate surface area is 114 Å². The Kier molecular flexibility index (Phi) is 4.19. The molecule has 0 bridgehead atoms. The summed E-state index contributed by atoms with van der Waals surface area (Å²) in [5, 5.41) is 13.9. The molecule has 1 N–H and O–H groups in total. The second-order valence-electron chi connectivity index (χ2n) is 4.55. The molecule has 0 amide bonds. The van der Waals surface area contributed by atoms with Crippen LogP contribution in [-0.4, -0.2) is 31.6 Å². The lowest BCUT2D eigenvalue weighted by Crippen LogP contribution is -2.24. The lowest BCUT2D eigenvalue weighted by molar-refractivity contribution is -0.384. The summed E-state index contributed by atoms with van der Waals surface area (Å²) in [6.45, 7) is 3.01. The largest absolute Gasteiger partial charge is 0.370 e. The van der Waals surface area contributed by atoms with Gasteiger partial charge < -0.3 is 10.2 Å². The van der Waals surface area contributed by atoms with Crippen LogP contribution in [-0.2, 0) is 0 Å². The van der Waals surface area contributed by atoms with Crippen LogP contribution < -0.4 is 10.2 Å². The van der Waals surface area contributed by atoms with Gasteiger partial charge >= 0.3 is 0 Å². The standard InChI is InChI=1S/C12H16BrN3O2/c1-14-7-9-4-5-15(8-9)12-3-2-10(16(17)18)6-11(12)13/h2-3,6,9,14H,4-5,7-8H2,1H3. The maximum Gasteiger partial charge on any atom is 0.270 e. The predicted molar refractivity (Wildman–Crippen MR) is 75.0 cm³/mol. The molecule has 1 aliphatic heterocycles. The van der Waals surface area contributed by atoms with Crippen LogP contribution in [0.3, 0.4) is 0 Å². The molecule has 98 valence electrons. The molecule has 0 aliphatic carbocycles. The van der Waals surface area contributed by atoms with E-state index < -0.39 is 0 Å². The summed E-state index contributed by atoms with van der Waals surface area (Å²) in [7, 11) is 1.96. The summed E-state index contributed by atoms with van der Waals surface area (Å²) in [6.07, 6.45) is 1.16. The minimum atomic E-state index is -0.373. The van der Waals surface area contributed by atoms with Crippen LogP contribution in [0.1, 0.15) is 6.42 Å². The number of nitrogens with zero attached hydrogens (tertiary/aromatic N) is 2. The molecule has 1 fully saturated rings. The van der Waals surface area contributed by atoms with Gasteiger partial charge in [-0.1, -0.05) is 0 Å². The molecule has 18 heavy (non-hydrogen) atoms. The average Bonchev–Trinajstić information content (AvgIpc) is 2.77. The summed E-state index contributed by atoms with van der Waals surface area (Å²) in [5.41, 5.74) is 1.16. The normalized spacial score (nSPS) is 19.2. The molecule has 0 aromatic heterocycles. The summed E-state index contributed by atoms with van der Waals surface area (Å²) in [6, 6.07) is 4.95. The van der Waals surface area contributed by atoms with Gasteiger partial charge in [0.05, 0.1) is 10.6 Å². The van der Waals surface area contributed by atoms with Crippen molar-refractivity contribution in [2.24, 2.45) is 5.92 Å². The number of non-ortho nitro benzene ring substituents is 1. The van der Waals surface area contributed by atoms with E-state index in [2.05, 4.69) is 26.1 Å². The fourth-order valence-corrected chi connectivity index (χ4v) is 2.99. The summed E-state index contributed by atoms with van der Waals surface area (Å²) >= 11 is 3.42. The highest BCUT2D eigenvalue weighted by Gasteiger charge is 2.24. The maximum atomic E-state index is 10.7. The van der Waals surface area contributed by atoms with Crippen molar-refractivity contribution in [1.82, 2.24) is 5.32 Å². The second kappa shape index (κ2) is 5.67. The van der Waals surface area contributed by atoms with Crippen molar-refractivity contribution in [2.45, 2.75) is 6.42 Å². The smallest absolute Gasteiger partial charge is 0.270 e. The minimum absolute atomic E-state index is 0.122. The molecule has 1 atom stereocenters. The van der Waals surface area contributed by atoms with Crippen LogP contribution in [0.25, 0.3) is 0 Å². The van der Waals surface area contributed by atoms with Gasteiger partial charge in [-0.15, -0.1) is 0 Å². The Bertz CT molecular complexity index is 453. The fraction of sp³-hybridized carbons (Fsp3) is 0.500. The van der Waals surface area contributed by atoms with Crippen molar-refractivity contribution in [3.8, 4) is 0 Å². The number of anilines is 1. The number of nitro groups is 1. The number of hydrogen-bond acceptors (Lipinski definition) is 4. The maximum absolute atomic E-state index is 10.7. The van der Waals surface area contributed by atoms with Gasteiger partial charge in [0, 0.05) is 29.7 Å². The molecule has 5 nitrogen and oxygen atoms in total. The number of halogens is 1. The molecule has 1 unspecified atom stereocenters. The van der Waals surface area contributed by atoms with Crippen molar-refractivity contribution in [3.63, 3.8) is 0 Å². The predicted octanol–water partition coefficient (Wildman–Crippen LogP) is 2.40. The highest BCUT2D eigenvalue weighted by atomic mass is 79.9. The van der Waals surface area contributed by atoms with Crippen LogP contribution in [0.5, 0.6) is 0 Å². The lowest BCUT2D eigenvalue weighted by Gasteiger charge is -2.20. The highest BCUT2D eigenvalue weighted by Crippen LogP contribution is 2.33. The van der Waals surface area contributed by atoms with Crippen molar-refractivity contribution >= 4 is 27.3 Å². The first-order valence-electron chi connectivity index (χ1n) is 5.95. The van der Waals surface area contributed by atoms with Crippen molar-refractivity contribution in [3.05, 3.63) is 32.8 Å². The first-order chi connectivity index (χ1) is 8.61. The summed E-state index contributed by atoms with van der Waals surface area (Å²) < 4.78 is 0.793. The van der Waals surface area contributed by atoms with Gasteiger partial charge in [-0.2, -0.15) is 0 Å². The topological polar surface area (TPSA) is 58.4 Å². The van der Waals surface area contributed by atoms with Gasteiger partial charge in [-0.3, -0.25) is 10.1 Å². The highest BCUT2D eigenvalue weighted by molar-refractivity contribution is 9.10. The first kappa shape index (κ1) is 13.3. The van der Waals surface area contributed by atoms with E-state index in [9.17, 15) is 10.1 Å². The Morgan fingerprint density at radius 3 is 3.00 bits per heavy atom. The Hall–Kier alpha value is -1.14. The zero-order chi connectivity index (χ0) is 13.1. The molecule has 1 heterocycles. The van der Waals surface area contributed by atoms with E-state index in [0.29, 0.717) is 5.92 Å². The minimum Gasteiger partial charge on any atom is -0.370 e. The van der Waals surface area contributed by atoms with Crippen molar-refractivity contribution < 1.29 is 4.92 Å². The zero-order valence-electron chi connectivity index (χ0n) is 10.2. The molecule has 6 heteroatoms. The average molecular weight is 314 g/mol. The van der Waals surface area contributed by atoms with Gasteiger partial charge in [0.2, 0.25) is 0 Å². The van der Waals surface area contributed by atoms with Crippen molar-refractivity contribution in [1.29, 1.82) is 0 Å². The molecule has 2 rings (SSSR count). The molecule has 1 aromatic carbocycles.